The van der Waals surface area contributed by atoms with Gasteiger partial charge in [0.15, 0.2) is 0 Å². The van der Waals surface area contributed by atoms with Gasteiger partial charge >= 0.3 is 6.18 Å². The fourth-order valence-corrected chi connectivity index (χ4v) is 3.00. The van der Waals surface area contributed by atoms with Gasteiger partial charge in [-0.3, -0.25) is 0 Å². The molecule has 0 aliphatic heterocycles. The summed E-state index contributed by atoms with van der Waals surface area (Å²) in [5.41, 5.74) is 0.825. The number of hydrogen-bond donors (Lipinski definition) is 1. The van der Waals surface area contributed by atoms with E-state index >= 15 is 0 Å². The Morgan fingerprint density at radius 1 is 1.24 bits per heavy atom. The van der Waals surface area contributed by atoms with Crippen LogP contribution in [0.2, 0.25) is 0 Å². The summed E-state index contributed by atoms with van der Waals surface area (Å²) in [6.45, 7) is 0. The van der Waals surface area contributed by atoms with Gasteiger partial charge in [-0.1, -0.05) is 0 Å². The van der Waals surface area contributed by atoms with Crippen LogP contribution < -0.4 is 5.32 Å². The highest BCUT2D eigenvalue weighted by atomic mass is 79.9. The average molecular weight is 360 g/mol. The fraction of sp³-hybridized carbons (Fsp3) is 0.333. The van der Waals surface area contributed by atoms with Gasteiger partial charge in [0.05, 0.1) is 17.9 Å². The van der Waals surface area contributed by atoms with Crippen molar-refractivity contribution in [3.05, 3.63) is 51.9 Å². The van der Waals surface area contributed by atoms with E-state index in [2.05, 4.69) is 21.2 Å². The van der Waals surface area contributed by atoms with Crippen LogP contribution in [0.15, 0.2) is 39.4 Å². The molecule has 1 unspecified atom stereocenters. The molecule has 6 heteroatoms. The van der Waals surface area contributed by atoms with Gasteiger partial charge in [-0.2, -0.15) is 13.2 Å². The minimum absolute atomic E-state index is 0.0210. The maximum absolute atomic E-state index is 12.8. The number of benzene rings is 1. The number of nitrogens with one attached hydrogen (secondary N) is 1. The largest absolute Gasteiger partial charge is 0.469 e. The van der Waals surface area contributed by atoms with Gasteiger partial charge in [-0.15, -0.1) is 0 Å². The summed E-state index contributed by atoms with van der Waals surface area (Å²) in [6, 6.07) is 5.49. The molecule has 1 aromatic heterocycles. The van der Waals surface area contributed by atoms with Crippen LogP contribution in [0, 0.1) is 0 Å². The number of halogens is 4. The summed E-state index contributed by atoms with van der Waals surface area (Å²) in [6.07, 6.45) is -0.00933. The second-order valence-electron chi connectivity index (χ2n) is 5.08. The molecule has 0 radical (unpaired) electrons. The Morgan fingerprint density at radius 3 is 2.81 bits per heavy atom. The SMILES string of the molecule is FC(F)(F)c1ccc(Br)c(NC2CCCc3occc32)c1. The summed E-state index contributed by atoms with van der Waals surface area (Å²) in [5, 5.41) is 3.20. The molecular weight excluding hydrogens is 347 g/mol. The monoisotopic (exact) mass is 359 g/mol. The molecule has 0 saturated carbocycles. The number of aryl methyl sites for hydroxylation is 1. The van der Waals surface area contributed by atoms with E-state index in [0.29, 0.717) is 10.2 Å². The van der Waals surface area contributed by atoms with Crippen LogP contribution in [-0.4, -0.2) is 0 Å². The van der Waals surface area contributed by atoms with E-state index in [0.717, 1.165) is 42.7 Å². The van der Waals surface area contributed by atoms with Crippen LogP contribution in [-0.2, 0) is 12.6 Å². The van der Waals surface area contributed by atoms with Crippen LogP contribution in [0.25, 0.3) is 0 Å². The molecule has 1 aliphatic rings. The highest BCUT2D eigenvalue weighted by Crippen LogP contribution is 2.38. The summed E-state index contributed by atoms with van der Waals surface area (Å²) in [5.74, 6) is 0.918. The molecule has 0 spiro atoms. The second kappa shape index (κ2) is 5.40. The molecule has 0 amide bonds. The molecular formula is C15H13BrF3NO. The first-order valence-electron chi connectivity index (χ1n) is 6.64. The highest BCUT2D eigenvalue weighted by molar-refractivity contribution is 9.10. The van der Waals surface area contributed by atoms with Crippen LogP contribution in [0.3, 0.4) is 0 Å². The Morgan fingerprint density at radius 2 is 2.05 bits per heavy atom. The molecule has 0 saturated heterocycles. The van der Waals surface area contributed by atoms with E-state index in [1.807, 2.05) is 6.07 Å². The quantitative estimate of drug-likeness (QED) is 0.760. The van der Waals surface area contributed by atoms with Gasteiger partial charge in [-0.25, -0.2) is 0 Å². The lowest BCUT2D eigenvalue weighted by Crippen LogP contribution is -2.16. The average Bonchev–Trinajstić information content (AvgIpc) is 2.89. The van der Waals surface area contributed by atoms with E-state index in [1.54, 1.807) is 6.26 Å². The summed E-state index contributed by atoms with van der Waals surface area (Å²) in [4.78, 5) is 0. The zero-order chi connectivity index (χ0) is 15.0. The van der Waals surface area contributed by atoms with Gasteiger partial charge < -0.3 is 9.73 Å². The minimum Gasteiger partial charge on any atom is -0.469 e. The molecule has 1 heterocycles. The first-order chi connectivity index (χ1) is 9.95. The van der Waals surface area contributed by atoms with Gasteiger partial charge in [-0.05, 0) is 53.0 Å². The number of hydrogen-bond acceptors (Lipinski definition) is 2. The van der Waals surface area contributed by atoms with E-state index in [4.69, 9.17) is 4.42 Å². The standard InChI is InChI=1S/C15H13BrF3NO/c16-11-5-4-9(15(17,18)19)8-13(11)20-12-2-1-3-14-10(12)6-7-21-14/h4-8,12,20H,1-3H2. The molecule has 0 fully saturated rings. The van der Waals surface area contributed by atoms with Crippen molar-refractivity contribution < 1.29 is 17.6 Å². The van der Waals surface area contributed by atoms with Crippen molar-refractivity contribution in [2.45, 2.75) is 31.5 Å². The number of furan rings is 1. The molecule has 1 atom stereocenters. The van der Waals surface area contributed by atoms with Gasteiger partial charge in [0, 0.05) is 22.1 Å². The second-order valence-corrected chi connectivity index (χ2v) is 5.93. The third-order valence-corrected chi connectivity index (χ3v) is 4.37. The fourth-order valence-electron chi connectivity index (χ4n) is 2.64. The first-order valence-corrected chi connectivity index (χ1v) is 7.44. The first kappa shape index (κ1) is 14.5. The zero-order valence-electron chi connectivity index (χ0n) is 11.0. The number of alkyl halides is 3. The van der Waals surface area contributed by atoms with Crippen LogP contribution in [0.4, 0.5) is 18.9 Å². The number of fused-ring (bicyclic) bond motifs is 1. The molecule has 1 aliphatic carbocycles. The Labute approximate surface area is 128 Å². The normalized spacial score (nSPS) is 18.4. The number of rotatable bonds is 2. The van der Waals surface area contributed by atoms with Crippen LogP contribution >= 0.6 is 15.9 Å². The van der Waals surface area contributed by atoms with E-state index in [-0.39, 0.29) is 6.04 Å². The molecule has 21 heavy (non-hydrogen) atoms. The predicted molar refractivity (Wildman–Crippen MR) is 77.2 cm³/mol. The molecule has 3 rings (SSSR count). The Bertz CT molecular complexity index is 651. The lowest BCUT2D eigenvalue weighted by molar-refractivity contribution is -0.137. The van der Waals surface area contributed by atoms with Crippen molar-refractivity contribution in [1.82, 2.24) is 0 Å². The van der Waals surface area contributed by atoms with Crippen LogP contribution in [0.1, 0.15) is 35.8 Å². The topological polar surface area (TPSA) is 25.2 Å². The molecule has 2 nitrogen and oxygen atoms in total. The van der Waals surface area contributed by atoms with Crippen molar-refractivity contribution in [3.63, 3.8) is 0 Å². The van der Waals surface area contributed by atoms with Crippen molar-refractivity contribution in [1.29, 1.82) is 0 Å². The summed E-state index contributed by atoms with van der Waals surface area (Å²) in [7, 11) is 0. The molecule has 0 bridgehead atoms. The van der Waals surface area contributed by atoms with E-state index in [1.165, 1.54) is 6.07 Å². The van der Waals surface area contributed by atoms with E-state index < -0.39 is 11.7 Å². The summed E-state index contributed by atoms with van der Waals surface area (Å²) < 4.78 is 44.4. The Hall–Kier alpha value is -1.43. The molecule has 1 aromatic carbocycles. The lowest BCUT2D eigenvalue weighted by Gasteiger charge is -2.24. The maximum Gasteiger partial charge on any atom is 0.416 e. The van der Waals surface area contributed by atoms with Gasteiger partial charge in [0.2, 0.25) is 0 Å². The maximum atomic E-state index is 12.8. The van der Waals surface area contributed by atoms with Crippen molar-refractivity contribution in [3.8, 4) is 0 Å². The molecule has 1 N–H and O–H groups in total. The van der Waals surface area contributed by atoms with Gasteiger partial charge in [0.25, 0.3) is 0 Å². The highest BCUT2D eigenvalue weighted by Gasteiger charge is 2.31. The minimum atomic E-state index is -4.34. The van der Waals surface area contributed by atoms with Gasteiger partial charge in [0.1, 0.15) is 5.76 Å². The predicted octanol–water partition coefficient (Wildman–Crippen LogP) is 5.55. The smallest absolute Gasteiger partial charge is 0.416 e. The van der Waals surface area contributed by atoms with Crippen molar-refractivity contribution >= 4 is 21.6 Å². The Balaban J connectivity index is 1.89. The molecule has 112 valence electrons. The van der Waals surface area contributed by atoms with Crippen LogP contribution in [0.5, 0.6) is 0 Å². The molecule has 2 aromatic rings. The van der Waals surface area contributed by atoms with Crippen molar-refractivity contribution in [2.24, 2.45) is 0 Å². The van der Waals surface area contributed by atoms with E-state index in [9.17, 15) is 13.2 Å². The van der Waals surface area contributed by atoms with Crippen molar-refractivity contribution in [2.75, 3.05) is 5.32 Å². The number of anilines is 1. The summed E-state index contributed by atoms with van der Waals surface area (Å²) >= 11 is 3.30. The third-order valence-electron chi connectivity index (χ3n) is 3.68. The lowest BCUT2D eigenvalue weighted by atomic mass is 9.93. The third kappa shape index (κ3) is 2.95. The zero-order valence-corrected chi connectivity index (χ0v) is 12.6. The Kier molecular flexibility index (Phi) is 3.73.